The highest BCUT2D eigenvalue weighted by atomic mass is 35.5. The molecule has 2 atom stereocenters. The van der Waals surface area contributed by atoms with Crippen LogP contribution in [0.25, 0.3) is 22.8 Å². The molecule has 0 unspecified atom stereocenters. The second-order valence-corrected chi connectivity index (χ2v) is 11.3. The Morgan fingerprint density at radius 3 is 2.42 bits per heavy atom. The summed E-state index contributed by atoms with van der Waals surface area (Å²) >= 11 is 6.38. The average Bonchev–Trinajstić information content (AvgIpc) is 3.57. The van der Waals surface area contributed by atoms with Crippen molar-refractivity contribution < 1.29 is 27.5 Å². The molecular weight excluding hydrogens is 613 g/mol. The summed E-state index contributed by atoms with van der Waals surface area (Å²) < 4.78 is 48.4. The number of aliphatic imine (C=N–C) groups is 1. The van der Waals surface area contributed by atoms with Gasteiger partial charge in [-0.2, -0.15) is 18.6 Å². The summed E-state index contributed by atoms with van der Waals surface area (Å²) in [6.07, 6.45) is 3.77. The van der Waals surface area contributed by atoms with Gasteiger partial charge in [0, 0.05) is 36.9 Å². The Morgan fingerprint density at radius 1 is 1.11 bits per heavy atom. The van der Waals surface area contributed by atoms with E-state index >= 15 is 4.39 Å². The lowest BCUT2D eigenvalue weighted by atomic mass is 9.80. The van der Waals surface area contributed by atoms with Crippen LogP contribution in [-0.2, 0) is 19.9 Å². The van der Waals surface area contributed by atoms with Crippen LogP contribution in [0.3, 0.4) is 0 Å². The van der Waals surface area contributed by atoms with Gasteiger partial charge in [-0.05, 0) is 43.2 Å². The van der Waals surface area contributed by atoms with E-state index in [1.807, 2.05) is 0 Å². The van der Waals surface area contributed by atoms with Crippen LogP contribution in [0.15, 0.2) is 72.2 Å². The van der Waals surface area contributed by atoms with Gasteiger partial charge in [-0.3, -0.25) is 14.5 Å². The number of esters is 1. The fourth-order valence-electron chi connectivity index (χ4n) is 5.28. The molecule has 0 fully saturated rings. The Kier molecular flexibility index (Phi) is 8.61. The number of nitrogens with zero attached hydrogens (tertiary/aromatic N) is 7. The Morgan fingerprint density at radius 2 is 1.80 bits per heavy atom. The molecule has 234 valence electrons. The van der Waals surface area contributed by atoms with E-state index in [1.165, 1.54) is 39.0 Å². The van der Waals surface area contributed by atoms with Crippen molar-refractivity contribution in [3.8, 4) is 22.8 Å². The minimum absolute atomic E-state index is 0.0743. The zero-order valence-electron chi connectivity index (χ0n) is 24.4. The largest absolute Gasteiger partial charge is 0.463 e. The molecule has 2 N–H and O–H groups in total. The lowest BCUT2D eigenvalue weighted by Gasteiger charge is -2.33. The summed E-state index contributed by atoms with van der Waals surface area (Å²) in [6.45, 7) is 0.436. The Balaban J connectivity index is 1.60. The van der Waals surface area contributed by atoms with Crippen molar-refractivity contribution >= 4 is 29.4 Å². The van der Waals surface area contributed by atoms with E-state index in [9.17, 15) is 18.4 Å². The molecule has 4 aromatic rings. The summed E-state index contributed by atoms with van der Waals surface area (Å²) in [6, 6.07) is 11.6. The predicted molar refractivity (Wildman–Crippen MR) is 159 cm³/mol. The zero-order chi connectivity index (χ0) is 32.5. The number of alkyl halides is 3. The number of aromatic nitrogens is 5. The van der Waals surface area contributed by atoms with E-state index in [-0.39, 0.29) is 35.4 Å². The number of hydrogen-bond donors (Lipinski definition) is 1. The molecule has 5 rings (SSSR count). The number of ether oxygens (including phenoxy) is 1. The van der Waals surface area contributed by atoms with Crippen molar-refractivity contribution in [3.63, 3.8) is 0 Å². The normalized spacial score (nSPS) is 17.5. The maximum atomic E-state index is 15.4. The number of hydrogen-bond acceptors (Lipinski definition) is 9. The van der Waals surface area contributed by atoms with Gasteiger partial charge in [-0.25, -0.2) is 24.3 Å². The molecule has 0 spiro atoms. The van der Waals surface area contributed by atoms with Crippen molar-refractivity contribution in [1.29, 1.82) is 0 Å². The van der Waals surface area contributed by atoms with E-state index in [4.69, 9.17) is 22.1 Å². The van der Waals surface area contributed by atoms with Gasteiger partial charge in [0.05, 0.1) is 11.1 Å². The van der Waals surface area contributed by atoms with Gasteiger partial charge in [0.2, 0.25) is 0 Å². The highest BCUT2D eigenvalue weighted by Crippen LogP contribution is 2.44. The van der Waals surface area contributed by atoms with Crippen molar-refractivity contribution in [2.75, 3.05) is 6.61 Å². The predicted octanol–water partition coefficient (Wildman–Crippen LogP) is 5.25. The standard InChI is InChI=1S/C30H28ClF3N8O3/c1-17(43)45-14-23(19-7-10-22(31)21(13-19)25-38-16-39-42(25)27(32)33)41-26(44)30(40-28(41)35,15-29(2,3)34)20-8-5-18(6-9-20)24-36-11-4-12-37-24/h4-13,16,23,27H,14-15H2,1-3H3,(H2,35,40)/t23-,30-/m1/s1. The number of amides is 1. The lowest BCUT2D eigenvalue weighted by molar-refractivity contribution is -0.145. The highest BCUT2D eigenvalue weighted by Gasteiger charge is 2.54. The molecule has 2 aromatic carbocycles. The topological polar surface area (TPSA) is 141 Å². The Labute approximate surface area is 260 Å². The number of carbonyl (C=O) groups excluding carboxylic acids is 2. The first-order valence-corrected chi connectivity index (χ1v) is 14.1. The van der Waals surface area contributed by atoms with Crippen LogP contribution in [0.1, 0.15) is 50.9 Å². The minimum atomic E-state index is -3.01. The fourth-order valence-corrected chi connectivity index (χ4v) is 5.48. The summed E-state index contributed by atoms with van der Waals surface area (Å²) in [4.78, 5) is 44.5. The quantitative estimate of drug-likeness (QED) is 0.232. The van der Waals surface area contributed by atoms with E-state index < -0.39 is 35.7 Å². The van der Waals surface area contributed by atoms with Gasteiger partial charge in [-0.1, -0.05) is 41.9 Å². The van der Waals surface area contributed by atoms with Crippen LogP contribution >= 0.6 is 11.6 Å². The van der Waals surface area contributed by atoms with Crippen LogP contribution in [0.4, 0.5) is 13.2 Å². The highest BCUT2D eigenvalue weighted by molar-refractivity contribution is 6.33. The number of nitrogens with two attached hydrogens (primary N) is 1. The number of halogens is 4. The first kappa shape index (κ1) is 31.6. The van der Waals surface area contributed by atoms with Gasteiger partial charge in [0.25, 0.3) is 5.91 Å². The van der Waals surface area contributed by atoms with Crippen molar-refractivity contribution in [1.82, 2.24) is 29.6 Å². The lowest BCUT2D eigenvalue weighted by Crippen LogP contribution is -2.47. The van der Waals surface area contributed by atoms with Crippen molar-refractivity contribution in [2.24, 2.45) is 10.7 Å². The number of rotatable bonds is 10. The molecule has 0 saturated heterocycles. The molecule has 1 amide bonds. The summed E-state index contributed by atoms with van der Waals surface area (Å²) in [5.74, 6) is -1.37. The third kappa shape index (κ3) is 6.36. The summed E-state index contributed by atoms with van der Waals surface area (Å²) in [7, 11) is 0. The Bertz CT molecular complexity index is 1750. The van der Waals surface area contributed by atoms with Crippen molar-refractivity contribution in [2.45, 2.75) is 51.0 Å². The third-order valence-electron chi connectivity index (χ3n) is 7.12. The molecule has 0 aliphatic carbocycles. The second kappa shape index (κ2) is 12.3. The smallest absolute Gasteiger partial charge is 0.335 e. The van der Waals surface area contributed by atoms with Crippen LogP contribution in [-0.4, -0.2) is 59.7 Å². The van der Waals surface area contributed by atoms with Gasteiger partial charge in [0.1, 0.15) is 18.6 Å². The molecule has 15 heteroatoms. The summed E-state index contributed by atoms with van der Waals surface area (Å²) in [5, 5.41) is 3.64. The Hall–Kier alpha value is -4.85. The van der Waals surface area contributed by atoms with Crippen LogP contribution in [0, 0.1) is 0 Å². The SMILES string of the molecule is CC(=O)OC[C@H](c1ccc(Cl)c(-c2ncnn2C(F)F)c1)N1C(=O)[C@@](CC(C)(C)F)(c2ccc(-c3ncccn3)cc2)N=C1N. The molecular formula is C30H28ClF3N8O3. The van der Waals surface area contributed by atoms with E-state index in [1.54, 1.807) is 42.7 Å². The average molecular weight is 641 g/mol. The minimum Gasteiger partial charge on any atom is -0.463 e. The molecule has 1 aliphatic heterocycles. The molecule has 45 heavy (non-hydrogen) atoms. The molecule has 0 bridgehead atoms. The molecule has 2 aromatic heterocycles. The molecule has 0 saturated carbocycles. The third-order valence-corrected chi connectivity index (χ3v) is 7.45. The first-order valence-electron chi connectivity index (χ1n) is 13.7. The summed E-state index contributed by atoms with van der Waals surface area (Å²) in [5.41, 5.74) is 4.14. The van der Waals surface area contributed by atoms with Gasteiger partial charge in [0.15, 0.2) is 23.1 Å². The van der Waals surface area contributed by atoms with E-state index in [0.717, 1.165) is 11.2 Å². The van der Waals surface area contributed by atoms with Gasteiger partial charge >= 0.3 is 12.5 Å². The molecule has 11 nitrogen and oxygen atoms in total. The fraction of sp³-hybridized carbons (Fsp3) is 0.300. The van der Waals surface area contributed by atoms with E-state index in [0.29, 0.717) is 27.2 Å². The first-order chi connectivity index (χ1) is 21.3. The van der Waals surface area contributed by atoms with E-state index in [2.05, 4.69) is 25.0 Å². The zero-order valence-corrected chi connectivity index (χ0v) is 25.1. The van der Waals surface area contributed by atoms with Crippen LogP contribution < -0.4 is 5.73 Å². The van der Waals surface area contributed by atoms with Crippen molar-refractivity contribution in [3.05, 3.63) is 83.4 Å². The number of guanidine groups is 1. The number of benzene rings is 2. The monoisotopic (exact) mass is 640 g/mol. The van der Waals surface area contributed by atoms with Gasteiger partial charge in [-0.15, -0.1) is 0 Å². The number of carbonyl (C=O) groups is 2. The second-order valence-electron chi connectivity index (χ2n) is 10.9. The maximum absolute atomic E-state index is 15.4. The molecule has 3 heterocycles. The maximum Gasteiger partial charge on any atom is 0.335 e. The van der Waals surface area contributed by atoms with Crippen LogP contribution in [0.5, 0.6) is 0 Å². The molecule has 0 radical (unpaired) electrons. The van der Waals surface area contributed by atoms with Crippen LogP contribution in [0.2, 0.25) is 5.02 Å². The molecule has 1 aliphatic rings. The van der Waals surface area contributed by atoms with Gasteiger partial charge < -0.3 is 10.5 Å².